The quantitative estimate of drug-likeness (QED) is 0.684. The summed E-state index contributed by atoms with van der Waals surface area (Å²) in [5.41, 5.74) is 2.57. The van der Waals surface area contributed by atoms with E-state index in [1.165, 1.54) is 11.6 Å². The van der Waals surface area contributed by atoms with Crippen LogP contribution < -0.4 is 0 Å². The number of esters is 2. The van der Waals surface area contributed by atoms with E-state index < -0.39 is 11.9 Å². The Kier molecular flexibility index (Phi) is 4.24. The van der Waals surface area contributed by atoms with Crippen LogP contribution in [-0.4, -0.2) is 33.6 Å². The zero-order valence-electron chi connectivity index (χ0n) is 13.2. The van der Waals surface area contributed by atoms with Crippen molar-refractivity contribution in [2.75, 3.05) is 7.11 Å². The Morgan fingerprint density at radius 3 is 2.62 bits per heavy atom. The molecule has 0 aliphatic heterocycles. The third-order valence-corrected chi connectivity index (χ3v) is 3.52. The first-order chi connectivity index (χ1) is 11.6. The molecule has 0 saturated heterocycles. The van der Waals surface area contributed by atoms with Gasteiger partial charge in [-0.05, 0) is 30.7 Å². The summed E-state index contributed by atoms with van der Waals surface area (Å²) in [6.07, 6.45) is 3.32. The molecule has 0 fully saturated rings. The number of rotatable bonds is 4. The monoisotopic (exact) mass is 325 g/mol. The standard InChI is InChI=1S/C17H15N3O4/c1-11-14(15-18-8-3-9-20(15)19-11)17(22)24-10-12-4-6-13(7-5-12)16(21)23-2/h3-9H,10H2,1-2H3. The number of carbonyl (C=O) groups is 2. The fourth-order valence-electron chi connectivity index (χ4n) is 2.31. The molecule has 0 aliphatic rings. The second-order valence-electron chi connectivity index (χ2n) is 5.11. The van der Waals surface area contributed by atoms with Gasteiger partial charge in [0, 0.05) is 12.4 Å². The van der Waals surface area contributed by atoms with Crippen LogP contribution in [0.4, 0.5) is 0 Å². The molecule has 7 nitrogen and oxygen atoms in total. The number of carbonyl (C=O) groups excluding carboxylic acids is 2. The van der Waals surface area contributed by atoms with E-state index in [0.717, 1.165) is 5.56 Å². The largest absolute Gasteiger partial charge is 0.465 e. The van der Waals surface area contributed by atoms with Crippen LogP contribution >= 0.6 is 0 Å². The van der Waals surface area contributed by atoms with E-state index in [-0.39, 0.29) is 6.61 Å². The molecule has 0 saturated carbocycles. The summed E-state index contributed by atoms with van der Waals surface area (Å²) in [5.74, 6) is -0.898. The SMILES string of the molecule is COC(=O)c1ccc(COC(=O)c2c(C)nn3cccnc23)cc1. The molecule has 122 valence electrons. The number of ether oxygens (including phenoxy) is 2. The lowest BCUT2D eigenvalue weighted by Gasteiger charge is -2.05. The lowest BCUT2D eigenvalue weighted by Crippen LogP contribution is -2.07. The van der Waals surface area contributed by atoms with E-state index in [0.29, 0.717) is 22.5 Å². The maximum atomic E-state index is 12.3. The normalized spacial score (nSPS) is 10.6. The summed E-state index contributed by atoms with van der Waals surface area (Å²) in [7, 11) is 1.32. The van der Waals surface area contributed by atoms with Crippen molar-refractivity contribution in [1.82, 2.24) is 14.6 Å². The Morgan fingerprint density at radius 2 is 1.92 bits per heavy atom. The number of aryl methyl sites for hydroxylation is 1. The fourth-order valence-corrected chi connectivity index (χ4v) is 2.31. The van der Waals surface area contributed by atoms with Crippen LogP contribution in [-0.2, 0) is 16.1 Å². The molecule has 0 atom stereocenters. The molecule has 24 heavy (non-hydrogen) atoms. The highest BCUT2D eigenvalue weighted by atomic mass is 16.5. The molecule has 0 amide bonds. The molecule has 0 radical (unpaired) electrons. The molecule has 0 unspecified atom stereocenters. The lowest BCUT2D eigenvalue weighted by molar-refractivity contribution is 0.0472. The van der Waals surface area contributed by atoms with Gasteiger partial charge in [0.05, 0.1) is 18.4 Å². The molecule has 2 aromatic heterocycles. The summed E-state index contributed by atoms with van der Waals surface area (Å²) in [6, 6.07) is 8.40. The van der Waals surface area contributed by atoms with Crippen LogP contribution in [0.2, 0.25) is 0 Å². The number of hydrogen-bond donors (Lipinski definition) is 0. The average molecular weight is 325 g/mol. The molecular weight excluding hydrogens is 310 g/mol. The average Bonchev–Trinajstić information content (AvgIpc) is 2.95. The first kappa shape index (κ1) is 15.7. The minimum atomic E-state index is -0.488. The predicted octanol–water partition coefficient (Wildman–Crippen LogP) is 2.18. The number of benzene rings is 1. The smallest absolute Gasteiger partial charge is 0.344 e. The molecule has 1 aromatic carbocycles. The van der Waals surface area contributed by atoms with Gasteiger partial charge in [0.25, 0.3) is 0 Å². The Bertz CT molecular complexity index is 900. The maximum Gasteiger partial charge on any atom is 0.344 e. The Balaban J connectivity index is 1.73. The Morgan fingerprint density at radius 1 is 1.17 bits per heavy atom. The third-order valence-electron chi connectivity index (χ3n) is 3.52. The number of nitrogens with zero attached hydrogens (tertiary/aromatic N) is 3. The van der Waals surface area contributed by atoms with Gasteiger partial charge < -0.3 is 9.47 Å². The van der Waals surface area contributed by atoms with Crippen molar-refractivity contribution in [3.8, 4) is 0 Å². The topological polar surface area (TPSA) is 82.8 Å². The fraction of sp³-hybridized carbons (Fsp3) is 0.176. The van der Waals surface area contributed by atoms with Crippen molar-refractivity contribution in [2.24, 2.45) is 0 Å². The minimum Gasteiger partial charge on any atom is -0.465 e. The van der Waals surface area contributed by atoms with Crippen molar-refractivity contribution >= 4 is 17.6 Å². The predicted molar refractivity (Wildman–Crippen MR) is 84.6 cm³/mol. The molecule has 3 aromatic rings. The summed E-state index contributed by atoms with van der Waals surface area (Å²) < 4.78 is 11.5. The number of methoxy groups -OCH3 is 1. The molecule has 0 N–H and O–H groups in total. The Hall–Kier alpha value is -3.22. The van der Waals surface area contributed by atoms with Crippen LogP contribution in [0.5, 0.6) is 0 Å². The van der Waals surface area contributed by atoms with Crippen molar-refractivity contribution in [2.45, 2.75) is 13.5 Å². The van der Waals surface area contributed by atoms with Gasteiger partial charge in [-0.15, -0.1) is 0 Å². The second kappa shape index (κ2) is 6.49. The van der Waals surface area contributed by atoms with E-state index in [2.05, 4.69) is 14.8 Å². The van der Waals surface area contributed by atoms with Crippen LogP contribution in [0.25, 0.3) is 5.65 Å². The first-order valence-corrected chi connectivity index (χ1v) is 7.24. The highest BCUT2D eigenvalue weighted by molar-refractivity contribution is 5.97. The lowest BCUT2D eigenvalue weighted by atomic mass is 10.1. The van der Waals surface area contributed by atoms with E-state index in [1.807, 2.05) is 0 Å². The van der Waals surface area contributed by atoms with Gasteiger partial charge in [-0.3, -0.25) is 0 Å². The van der Waals surface area contributed by atoms with Gasteiger partial charge in [0.1, 0.15) is 12.2 Å². The van der Waals surface area contributed by atoms with Crippen LogP contribution in [0.1, 0.15) is 32.0 Å². The third kappa shape index (κ3) is 2.96. The summed E-state index contributed by atoms with van der Waals surface area (Å²) >= 11 is 0. The highest BCUT2D eigenvalue weighted by Crippen LogP contribution is 2.15. The maximum absolute atomic E-state index is 12.3. The van der Waals surface area contributed by atoms with Gasteiger partial charge in [-0.2, -0.15) is 5.10 Å². The van der Waals surface area contributed by atoms with Gasteiger partial charge in [0.2, 0.25) is 0 Å². The Labute approximate surface area is 137 Å². The molecule has 3 rings (SSSR count). The number of fused-ring (bicyclic) bond motifs is 1. The van der Waals surface area contributed by atoms with Gasteiger partial charge in [-0.25, -0.2) is 19.1 Å². The number of hydrogen-bond acceptors (Lipinski definition) is 6. The van der Waals surface area contributed by atoms with Crippen LogP contribution in [0.3, 0.4) is 0 Å². The zero-order valence-corrected chi connectivity index (χ0v) is 13.2. The van der Waals surface area contributed by atoms with Gasteiger partial charge in [-0.1, -0.05) is 12.1 Å². The zero-order chi connectivity index (χ0) is 17.1. The highest BCUT2D eigenvalue weighted by Gasteiger charge is 2.19. The number of aromatic nitrogens is 3. The van der Waals surface area contributed by atoms with Crippen molar-refractivity contribution in [3.05, 3.63) is 65.1 Å². The molecule has 0 aliphatic carbocycles. The van der Waals surface area contributed by atoms with Crippen molar-refractivity contribution in [1.29, 1.82) is 0 Å². The first-order valence-electron chi connectivity index (χ1n) is 7.24. The molecule has 0 spiro atoms. The van der Waals surface area contributed by atoms with E-state index >= 15 is 0 Å². The van der Waals surface area contributed by atoms with Crippen molar-refractivity contribution < 1.29 is 19.1 Å². The van der Waals surface area contributed by atoms with Crippen LogP contribution in [0.15, 0.2) is 42.7 Å². The molecule has 0 bridgehead atoms. The van der Waals surface area contributed by atoms with Crippen LogP contribution in [0, 0.1) is 6.92 Å². The molecule has 2 heterocycles. The van der Waals surface area contributed by atoms with E-state index in [1.54, 1.807) is 49.6 Å². The van der Waals surface area contributed by atoms with Gasteiger partial charge >= 0.3 is 11.9 Å². The summed E-state index contributed by atoms with van der Waals surface area (Å²) in [5, 5.41) is 4.23. The van der Waals surface area contributed by atoms with Crippen molar-refractivity contribution in [3.63, 3.8) is 0 Å². The molecular formula is C17H15N3O4. The second-order valence-corrected chi connectivity index (χ2v) is 5.11. The minimum absolute atomic E-state index is 0.0872. The summed E-state index contributed by atoms with van der Waals surface area (Å²) in [6.45, 7) is 1.82. The summed E-state index contributed by atoms with van der Waals surface area (Å²) in [4.78, 5) is 27.9. The van der Waals surface area contributed by atoms with E-state index in [9.17, 15) is 9.59 Å². The van der Waals surface area contributed by atoms with Gasteiger partial charge in [0.15, 0.2) is 5.65 Å². The van der Waals surface area contributed by atoms with E-state index in [4.69, 9.17) is 4.74 Å². The molecule has 7 heteroatoms.